The van der Waals surface area contributed by atoms with Gasteiger partial charge in [-0.1, -0.05) is 50.3 Å². The van der Waals surface area contributed by atoms with Gasteiger partial charge in [-0.2, -0.15) is 0 Å². The number of nitrogens with one attached hydrogen (secondary N) is 1. The minimum Gasteiger partial charge on any atom is -0.316 e. The number of hydrogen-bond donors (Lipinski definition) is 1. The summed E-state index contributed by atoms with van der Waals surface area (Å²) in [7, 11) is 2.03. The first kappa shape index (κ1) is 16.8. The molecule has 1 saturated carbocycles. The Kier molecular flexibility index (Phi) is 6.50. The summed E-state index contributed by atoms with van der Waals surface area (Å²) in [5.41, 5.74) is 1.05. The van der Waals surface area contributed by atoms with Crippen molar-refractivity contribution >= 4 is 11.6 Å². The maximum absolute atomic E-state index is 13.1. The van der Waals surface area contributed by atoms with Crippen LogP contribution in [0.1, 0.15) is 51.0 Å². The Labute approximate surface area is 133 Å². The molecule has 1 atom stereocenters. The Morgan fingerprint density at radius 2 is 2.00 bits per heavy atom. The van der Waals surface area contributed by atoms with Crippen LogP contribution in [0.15, 0.2) is 18.2 Å². The van der Waals surface area contributed by atoms with E-state index >= 15 is 0 Å². The zero-order valence-corrected chi connectivity index (χ0v) is 13.9. The van der Waals surface area contributed by atoms with Gasteiger partial charge in [-0.05, 0) is 55.8 Å². The fourth-order valence-corrected chi connectivity index (χ4v) is 3.96. The van der Waals surface area contributed by atoms with Gasteiger partial charge >= 0.3 is 0 Å². The Hall–Kier alpha value is -0.600. The molecule has 0 bridgehead atoms. The van der Waals surface area contributed by atoms with Crippen LogP contribution in [0.25, 0.3) is 0 Å². The van der Waals surface area contributed by atoms with E-state index in [4.69, 9.17) is 11.6 Å². The average molecular weight is 312 g/mol. The number of halogens is 2. The highest BCUT2D eigenvalue weighted by atomic mass is 35.5. The highest BCUT2D eigenvalue weighted by Gasteiger charge is 2.26. The van der Waals surface area contributed by atoms with E-state index in [1.165, 1.54) is 50.7 Å². The first-order valence-corrected chi connectivity index (χ1v) is 8.63. The summed E-state index contributed by atoms with van der Waals surface area (Å²) in [4.78, 5) is 0. The number of hydrogen-bond acceptors (Lipinski definition) is 1. The second kappa shape index (κ2) is 8.14. The zero-order valence-electron chi connectivity index (χ0n) is 13.2. The molecule has 0 spiro atoms. The van der Waals surface area contributed by atoms with Gasteiger partial charge in [-0.3, -0.25) is 0 Å². The normalized spacial score (nSPS) is 24.0. The fourth-order valence-electron chi connectivity index (χ4n) is 3.72. The summed E-state index contributed by atoms with van der Waals surface area (Å²) in [6.07, 6.45) is 8.88. The molecular formula is C18H27ClFN. The number of likely N-dealkylation sites (N-methyl/N-ethyl adjacent to an activating group) is 1. The van der Waals surface area contributed by atoms with Crippen LogP contribution in [0.4, 0.5) is 4.39 Å². The van der Waals surface area contributed by atoms with Gasteiger partial charge in [0.2, 0.25) is 0 Å². The van der Waals surface area contributed by atoms with Crippen LogP contribution in [0.2, 0.25) is 5.02 Å². The highest BCUT2D eigenvalue weighted by Crippen LogP contribution is 2.34. The molecule has 21 heavy (non-hydrogen) atoms. The third-order valence-electron chi connectivity index (χ3n) is 4.98. The monoisotopic (exact) mass is 311 g/mol. The summed E-state index contributed by atoms with van der Waals surface area (Å²) in [6, 6.07) is 5.19. The third-order valence-corrected chi connectivity index (χ3v) is 5.33. The number of rotatable bonds is 6. The summed E-state index contributed by atoms with van der Waals surface area (Å²) >= 11 is 6.17. The molecule has 0 aliphatic heterocycles. The van der Waals surface area contributed by atoms with E-state index in [1.54, 1.807) is 0 Å². The predicted octanol–water partition coefficient (Wildman–Crippen LogP) is 5.22. The molecule has 118 valence electrons. The molecule has 0 heterocycles. The van der Waals surface area contributed by atoms with Crippen molar-refractivity contribution in [2.24, 2.45) is 11.8 Å². The second-order valence-electron chi connectivity index (χ2n) is 6.40. The topological polar surface area (TPSA) is 12.0 Å². The third kappa shape index (κ3) is 4.69. The lowest BCUT2D eigenvalue weighted by atomic mass is 9.76. The van der Waals surface area contributed by atoms with Gasteiger partial charge in [0.15, 0.2) is 0 Å². The molecule has 1 unspecified atom stereocenters. The van der Waals surface area contributed by atoms with Crippen molar-refractivity contribution in [3.63, 3.8) is 0 Å². The lowest BCUT2D eigenvalue weighted by molar-refractivity contribution is 0.217. The van der Waals surface area contributed by atoms with Crippen molar-refractivity contribution < 1.29 is 4.39 Å². The van der Waals surface area contributed by atoms with Gasteiger partial charge in [0, 0.05) is 11.1 Å². The lowest BCUT2D eigenvalue weighted by Crippen LogP contribution is -2.37. The summed E-state index contributed by atoms with van der Waals surface area (Å²) in [5.74, 6) is 1.38. The Morgan fingerprint density at radius 1 is 1.29 bits per heavy atom. The molecule has 1 nitrogen and oxygen atoms in total. The lowest BCUT2D eigenvalue weighted by Gasteiger charge is -2.34. The van der Waals surface area contributed by atoms with Crippen LogP contribution in [0.3, 0.4) is 0 Å². The Bertz CT molecular complexity index is 441. The molecule has 1 aromatic carbocycles. The molecule has 1 fully saturated rings. The van der Waals surface area contributed by atoms with Crippen molar-refractivity contribution in [2.45, 2.75) is 57.9 Å². The summed E-state index contributed by atoms with van der Waals surface area (Å²) < 4.78 is 13.1. The van der Waals surface area contributed by atoms with Crippen LogP contribution < -0.4 is 5.32 Å². The smallest absolute Gasteiger partial charge is 0.124 e. The molecule has 0 radical (unpaired) electrons. The van der Waals surface area contributed by atoms with Crippen molar-refractivity contribution in [3.8, 4) is 0 Å². The molecule has 1 aromatic rings. The largest absolute Gasteiger partial charge is 0.316 e. The first-order chi connectivity index (χ1) is 10.1. The zero-order chi connectivity index (χ0) is 15.2. The van der Waals surface area contributed by atoms with Crippen molar-refractivity contribution in [1.82, 2.24) is 5.32 Å². The highest BCUT2D eigenvalue weighted by molar-refractivity contribution is 6.31. The van der Waals surface area contributed by atoms with E-state index in [0.29, 0.717) is 17.0 Å². The molecule has 1 aliphatic rings. The van der Waals surface area contributed by atoms with Crippen molar-refractivity contribution in [2.75, 3.05) is 7.05 Å². The Balaban J connectivity index is 1.94. The van der Waals surface area contributed by atoms with Crippen LogP contribution in [-0.2, 0) is 6.42 Å². The van der Waals surface area contributed by atoms with E-state index in [0.717, 1.165) is 17.9 Å². The van der Waals surface area contributed by atoms with Crippen LogP contribution >= 0.6 is 11.6 Å². The van der Waals surface area contributed by atoms with Crippen LogP contribution in [-0.4, -0.2) is 13.1 Å². The van der Waals surface area contributed by atoms with E-state index in [-0.39, 0.29) is 5.82 Å². The predicted molar refractivity (Wildman–Crippen MR) is 88.3 cm³/mol. The standard InChI is InChI=1S/C18H27ClFN/c1-3-4-13-5-7-14(8-6-13)18(21-2)11-15-9-10-16(20)12-17(15)19/h9-10,12-14,18,21H,3-8,11H2,1-2H3. The van der Waals surface area contributed by atoms with Gasteiger partial charge in [-0.15, -0.1) is 0 Å². The van der Waals surface area contributed by atoms with Crippen LogP contribution in [0.5, 0.6) is 0 Å². The molecule has 0 aromatic heterocycles. The van der Waals surface area contributed by atoms with E-state index in [2.05, 4.69) is 12.2 Å². The molecule has 2 rings (SSSR count). The first-order valence-electron chi connectivity index (χ1n) is 8.25. The fraction of sp³-hybridized carbons (Fsp3) is 0.667. The van der Waals surface area contributed by atoms with Gasteiger partial charge in [0.1, 0.15) is 5.82 Å². The average Bonchev–Trinajstić information content (AvgIpc) is 2.48. The van der Waals surface area contributed by atoms with E-state index < -0.39 is 0 Å². The van der Waals surface area contributed by atoms with Crippen molar-refractivity contribution in [1.29, 1.82) is 0 Å². The molecule has 1 aliphatic carbocycles. The van der Waals surface area contributed by atoms with Gasteiger partial charge < -0.3 is 5.32 Å². The molecule has 0 amide bonds. The maximum atomic E-state index is 13.1. The maximum Gasteiger partial charge on any atom is 0.124 e. The Morgan fingerprint density at radius 3 is 2.57 bits per heavy atom. The van der Waals surface area contributed by atoms with Gasteiger partial charge in [0.05, 0.1) is 0 Å². The van der Waals surface area contributed by atoms with Crippen LogP contribution in [0, 0.1) is 17.7 Å². The quantitative estimate of drug-likeness (QED) is 0.760. The molecular weight excluding hydrogens is 285 g/mol. The SMILES string of the molecule is CCCC1CCC(C(Cc2ccc(F)cc2Cl)NC)CC1. The van der Waals surface area contributed by atoms with E-state index in [9.17, 15) is 4.39 Å². The van der Waals surface area contributed by atoms with Gasteiger partial charge in [0.25, 0.3) is 0 Å². The summed E-state index contributed by atoms with van der Waals surface area (Å²) in [5, 5.41) is 4.01. The minimum absolute atomic E-state index is 0.259. The number of benzene rings is 1. The molecule has 3 heteroatoms. The van der Waals surface area contributed by atoms with Gasteiger partial charge in [-0.25, -0.2) is 4.39 Å². The minimum atomic E-state index is -0.259. The van der Waals surface area contributed by atoms with Crippen molar-refractivity contribution in [3.05, 3.63) is 34.6 Å². The molecule has 0 saturated heterocycles. The van der Waals surface area contributed by atoms with E-state index in [1.807, 2.05) is 13.1 Å². The second-order valence-corrected chi connectivity index (χ2v) is 6.81. The summed E-state index contributed by atoms with van der Waals surface area (Å²) in [6.45, 7) is 2.28. The molecule has 1 N–H and O–H groups in total.